The quantitative estimate of drug-likeness (QED) is 0.411. The Morgan fingerprint density at radius 2 is 1.73 bits per heavy atom. The van der Waals surface area contributed by atoms with E-state index in [9.17, 15) is 18.3 Å². The monoisotopic (exact) mass is 375 g/mol. The zero-order valence-corrected chi connectivity index (χ0v) is 15.1. The van der Waals surface area contributed by atoms with E-state index in [1.54, 1.807) is 36.4 Å². The molecule has 0 fully saturated rings. The fraction of sp³-hybridized carbons (Fsp3) is 0.222. The van der Waals surface area contributed by atoms with Gasteiger partial charge in [-0.3, -0.25) is 10.2 Å². The highest BCUT2D eigenvalue weighted by atomic mass is 32.2. The molecule has 5 N–H and O–H groups in total. The Kier molecular flexibility index (Phi) is 6.12. The number of hydrogen-bond donors (Lipinski definition) is 4. The minimum Gasteiger partial charge on any atom is -0.480 e. The Morgan fingerprint density at radius 3 is 2.23 bits per heavy atom. The number of rotatable bonds is 8. The van der Waals surface area contributed by atoms with Gasteiger partial charge in [0.1, 0.15) is 11.9 Å². The average molecular weight is 375 g/mol. The molecule has 0 heterocycles. The van der Waals surface area contributed by atoms with Crippen LogP contribution in [0.1, 0.15) is 23.1 Å². The molecule has 1 unspecified atom stereocenters. The summed E-state index contributed by atoms with van der Waals surface area (Å²) in [6.45, 7) is 1.83. The van der Waals surface area contributed by atoms with Gasteiger partial charge in [0, 0.05) is 5.56 Å². The van der Waals surface area contributed by atoms with Crippen molar-refractivity contribution >= 4 is 21.8 Å². The molecule has 0 aliphatic heterocycles. The van der Waals surface area contributed by atoms with Crippen LogP contribution < -0.4 is 10.5 Å². The van der Waals surface area contributed by atoms with E-state index in [1.165, 1.54) is 12.1 Å². The average Bonchev–Trinajstić information content (AvgIpc) is 2.59. The van der Waals surface area contributed by atoms with E-state index in [0.29, 0.717) is 12.0 Å². The SMILES string of the molecule is Cc1ccc(S(=O)(=O)NC(CCc2ccc(C(=N)N)cc2)C(=O)O)cc1. The van der Waals surface area contributed by atoms with Crippen molar-refractivity contribution in [3.8, 4) is 0 Å². The maximum atomic E-state index is 12.4. The van der Waals surface area contributed by atoms with Crippen LogP contribution >= 0.6 is 0 Å². The molecule has 2 rings (SSSR count). The summed E-state index contributed by atoms with van der Waals surface area (Å²) in [5, 5.41) is 16.7. The molecular weight excluding hydrogens is 354 g/mol. The van der Waals surface area contributed by atoms with Crippen LogP contribution in [0.5, 0.6) is 0 Å². The minimum absolute atomic E-state index is 0.0279. The van der Waals surface area contributed by atoms with Crippen molar-refractivity contribution in [2.75, 3.05) is 0 Å². The van der Waals surface area contributed by atoms with Gasteiger partial charge < -0.3 is 10.8 Å². The highest BCUT2D eigenvalue weighted by Crippen LogP contribution is 2.13. The van der Waals surface area contributed by atoms with E-state index in [4.69, 9.17) is 11.1 Å². The fourth-order valence-electron chi connectivity index (χ4n) is 2.37. The van der Waals surface area contributed by atoms with Gasteiger partial charge in [0.2, 0.25) is 10.0 Å². The summed E-state index contributed by atoms with van der Waals surface area (Å²) in [6.07, 6.45) is 0.464. The van der Waals surface area contributed by atoms with Gasteiger partial charge in [-0.15, -0.1) is 0 Å². The number of hydrogen-bond acceptors (Lipinski definition) is 4. The molecule has 138 valence electrons. The van der Waals surface area contributed by atoms with Crippen LogP contribution in [-0.2, 0) is 21.2 Å². The number of carbonyl (C=O) groups is 1. The minimum atomic E-state index is -3.92. The van der Waals surface area contributed by atoms with E-state index >= 15 is 0 Å². The number of nitrogens with one attached hydrogen (secondary N) is 2. The number of aliphatic carboxylic acids is 1. The predicted molar refractivity (Wildman–Crippen MR) is 98.7 cm³/mol. The molecule has 0 spiro atoms. The third kappa shape index (κ3) is 5.14. The second-order valence-electron chi connectivity index (χ2n) is 5.97. The third-order valence-electron chi connectivity index (χ3n) is 3.91. The Balaban J connectivity index is 2.07. The molecule has 2 aromatic carbocycles. The lowest BCUT2D eigenvalue weighted by molar-refractivity contribution is -0.139. The predicted octanol–water partition coefficient (Wildman–Crippen LogP) is 1.64. The highest BCUT2D eigenvalue weighted by Gasteiger charge is 2.25. The zero-order valence-electron chi connectivity index (χ0n) is 14.3. The summed E-state index contributed by atoms with van der Waals surface area (Å²) in [5.74, 6) is -1.29. The molecule has 1 atom stereocenters. The zero-order chi connectivity index (χ0) is 19.3. The number of nitrogens with two attached hydrogens (primary N) is 1. The molecule has 0 aromatic heterocycles. The largest absolute Gasteiger partial charge is 0.480 e. The van der Waals surface area contributed by atoms with Crippen LogP contribution in [0, 0.1) is 12.3 Å². The molecule has 0 amide bonds. The summed E-state index contributed by atoms with van der Waals surface area (Å²) in [4.78, 5) is 11.5. The first-order chi connectivity index (χ1) is 12.2. The second-order valence-corrected chi connectivity index (χ2v) is 7.69. The molecule has 0 aliphatic carbocycles. The van der Waals surface area contributed by atoms with Crippen LogP contribution in [0.25, 0.3) is 0 Å². The molecule has 0 radical (unpaired) electrons. The van der Waals surface area contributed by atoms with Crippen molar-refractivity contribution in [3.05, 3.63) is 65.2 Å². The van der Waals surface area contributed by atoms with Gasteiger partial charge in [-0.25, -0.2) is 8.42 Å². The Morgan fingerprint density at radius 1 is 1.15 bits per heavy atom. The van der Waals surface area contributed by atoms with Gasteiger partial charge in [0.05, 0.1) is 4.90 Å². The number of carboxylic acid groups (broad SMARTS) is 1. The first-order valence-corrected chi connectivity index (χ1v) is 9.42. The van der Waals surface area contributed by atoms with E-state index in [-0.39, 0.29) is 17.2 Å². The van der Waals surface area contributed by atoms with Gasteiger partial charge in [0.15, 0.2) is 0 Å². The lowest BCUT2D eigenvalue weighted by atomic mass is 10.0. The van der Waals surface area contributed by atoms with E-state index in [1.807, 2.05) is 6.92 Å². The Bertz CT molecular complexity index is 891. The normalized spacial score (nSPS) is 12.5. The smallest absolute Gasteiger partial charge is 0.321 e. The van der Waals surface area contributed by atoms with Gasteiger partial charge in [-0.2, -0.15) is 4.72 Å². The Hall–Kier alpha value is -2.71. The number of amidine groups is 1. The second kappa shape index (κ2) is 8.11. The summed E-state index contributed by atoms with van der Waals surface area (Å²) in [6, 6.07) is 11.8. The van der Waals surface area contributed by atoms with Crippen LogP contribution in [0.3, 0.4) is 0 Å². The van der Waals surface area contributed by atoms with Crippen molar-refractivity contribution in [1.82, 2.24) is 4.72 Å². The molecule has 8 heteroatoms. The van der Waals surface area contributed by atoms with Crippen molar-refractivity contribution in [1.29, 1.82) is 5.41 Å². The van der Waals surface area contributed by atoms with Gasteiger partial charge >= 0.3 is 5.97 Å². The van der Waals surface area contributed by atoms with Crippen molar-refractivity contribution in [2.45, 2.75) is 30.7 Å². The van der Waals surface area contributed by atoms with Gasteiger partial charge in [-0.1, -0.05) is 42.0 Å². The lowest BCUT2D eigenvalue weighted by Crippen LogP contribution is -2.41. The first-order valence-electron chi connectivity index (χ1n) is 7.94. The number of nitrogen functional groups attached to an aromatic ring is 1. The molecule has 0 saturated carbocycles. The van der Waals surface area contributed by atoms with Crippen molar-refractivity contribution in [2.24, 2.45) is 5.73 Å². The number of sulfonamides is 1. The van der Waals surface area contributed by atoms with E-state index < -0.39 is 22.0 Å². The maximum Gasteiger partial charge on any atom is 0.321 e. The first kappa shape index (κ1) is 19.6. The van der Waals surface area contributed by atoms with Crippen LogP contribution in [0.15, 0.2) is 53.4 Å². The molecule has 2 aromatic rings. The highest BCUT2D eigenvalue weighted by molar-refractivity contribution is 7.89. The third-order valence-corrected chi connectivity index (χ3v) is 5.40. The van der Waals surface area contributed by atoms with Gasteiger partial charge in [-0.05, 0) is 37.5 Å². The lowest BCUT2D eigenvalue weighted by Gasteiger charge is -2.15. The molecule has 7 nitrogen and oxygen atoms in total. The maximum absolute atomic E-state index is 12.4. The number of carboxylic acids is 1. The van der Waals surface area contributed by atoms with Crippen molar-refractivity contribution in [3.63, 3.8) is 0 Å². The van der Waals surface area contributed by atoms with Gasteiger partial charge in [0.25, 0.3) is 0 Å². The fourth-order valence-corrected chi connectivity index (χ4v) is 3.59. The number of benzene rings is 2. The standard InChI is InChI=1S/C18H21N3O4S/c1-12-2-9-15(10-3-12)26(24,25)21-16(18(22)23)11-6-13-4-7-14(8-5-13)17(19)20/h2-5,7-10,16,21H,6,11H2,1H3,(H3,19,20)(H,22,23). The topological polar surface area (TPSA) is 133 Å². The van der Waals surface area contributed by atoms with Crippen LogP contribution in [-0.4, -0.2) is 31.4 Å². The summed E-state index contributed by atoms with van der Waals surface area (Å²) >= 11 is 0. The summed E-state index contributed by atoms with van der Waals surface area (Å²) < 4.78 is 27.0. The molecule has 0 aliphatic rings. The molecular formula is C18H21N3O4S. The van der Waals surface area contributed by atoms with Crippen molar-refractivity contribution < 1.29 is 18.3 Å². The summed E-state index contributed by atoms with van der Waals surface area (Å²) in [5.41, 5.74) is 7.70. The summed E-state index contributed by atoms with van der Waals surface area (Å²) in [7, 11) is -3.92. The van der Waals surface area contributed by atoms with Crippen LogP contribution in [0.2, 0.25) is 0 Å². The van der Waals surface area contributed by atoms with Crippen LogP contribution in [0.4, 0.5) is 0 Å². The van der Waals surface area contributed by atoms with E-state index in [0.717, 1.165) is 11.1 Å². The molecule has 0 bridgehead atoms. The molecule has 0 saturated heterocycles. The number of aryl methyl sites for hydroxylation is 2. The Labute approximate surface area is 152 Å². The van der Waals surface area contributed by atoms with E-state index in [2.05, 4.69) is 4.72 Å². The molecule has 26 heavy (non-hydrogen) atoms.